The Hall–Kier alpha value is -2.10. The number of ether oxygens (including phenoxy) is 1. The van der Waals surface area contributed by atoms with Crippen LogP contribution in [0.15, 0.2) is 36.4 Å². The summed E-state index contributed by atoms with van der Waals surface area (Å²) in [5.74, 6) is -0.283. The Morgan fingerprint density at radius 1 is 1.08 bits per heavy atom. The fraction of sp³-hybridized carbons (Fsp3) is 0.524. The van der Waals surface area contributed by atoms with Crippen LogP contribution in [-0.4, -0.2) is 36.5 Å². The molecule has 0 aliphatic heterocycles. The number of carbonyl (C=O) groups excluding carboxylic acids is 2. The van der Waals surface area contributed by atoms with Crippen molar-refractivity contribution in [1.29, 1.82) is 0 Å². The quantitative estimate of drug-likeness (QED) is 0.574. The van der Waals surface area contributed by atoms with Crippen LogP contribution in [0.2, 0.25) is 0 Å². The first kappa shape index (κ1) is 19.2. The Morgan fingerprint density at radius 2 is 1.72 bits per heavy atom. The third-order valence-corrected chi connectivity index (χ3v) is 4.80. The Morgan fingerprint density at radius 3 is 2.36 bits per heavy atom. The van der Waals surface area contributed by atoms with Crippen molar-refractivity contribution in [3.63, 3.8) is 0 Å². The molecule has 0 unspecified atom stereocenters. The minimum atomic E-state index is -0.268. The third kappa shape index (κ3) is 6.73. The van der Waals surface area contributed by atoms with Crippen molar-refractivity contribution < 1.29 is 14.3 Å². The van der Waals surface area contributed by atoms with Crippen LogP contribution in [0, 0.1) is 0 Å². The molecule has 25 heavy (non-hydrogen) atoms. The number of esters is 1. The smallest absolute Gasteiger partial charge is 0.307 e. The second kappa shape index (κ2) is 10.7. The van der Waals surface area contributed by atoms with Crippen LogP contribution in [0.25, 0.3) is 6.08 Å². The number of nitrogens with zero attached hydrogens (tertiary/aromatic N) is 1. The second-order valence-corrected chi connectivity index (χ2v) is 6.60. The van der Waals surface area contributed by atoms with Crippen molar-refractivity contribution in [2.45, 2.75) is 57.4 Å². The van der Waals surface area contributed by atoms with E-state index in [4.69, 9.17) is 4.74 Å². The number of hydrogen-bond donors (Lipinski definition) is 0. The van der Waals surface area contributed by atoms with Crippen molar-refractivity contribution in [2.75, 3.05) is 13.7 Å². The molecule has 0 saturated heterocycles. The van der Waals surface area contributed by atoms with E-state index in [1.807, 2.05) is 41.3 Å². The highest BCUT2D eigenvalue weighted by molar-refractivity contribution is 5.92. The van der Waals surface area contributed by atoms with Gasteiger partial charge in [-0.1, -0.05) is 62.4 Å². The molecule has 1 aliphatic rings. The Labute approximate surface area is 150 Å². The highest BCUT2D eigenvalue weighted by Gasteiger charge is 2.23. The number of amides is 1. The maximum Gasteiger partial charge on any atom is 0.307 e. The van der Waals surface area contributed by atoms with E-state index in [1.165, 1.54) is 26.4 Å². The van der Waals surface area contributed by atoms with Gasteiger partial charge >= 0.3 is 5.97 Å². The number of methoxy groups -OCH3 is 1. The van der Waals surface area contributed by atoms with Gasteiger partial charge in [-0.05, 0) is 24.5 Å². The molecule has 1 fully saturated rings. The molecule has 1 amide bonds. The minimum absolute atomic E-state index is 0.0154. The van der Waals surface area contributed by atoms with Gasteiger partial charge < -0.3 is 9.64 Å². The lowest BCUT2D eigenvalue weighted by Gasteiger charge is -2.32. The summed E-state index contributed by atoms with van der Waals surface area (Å²) in [5.41, 5.74) is 1.00. The molecule has 0 spiro atoms. The van der Waals surface area contributed by atoms with Crippen molar-refractivity contribution in [3.05, 3.63) is 42.0 Å². The molecule has 1 aromatic carbocycles. The molecule has 0 radical (unpaired) electrons. The van der Waals surface area contributed by atoms with Crippen LogP contribution >= 0.6 is 0 Å². The lowest BCUT2D eigenvalue weighted by atomic mass is 9.95. The van der Waals surface area contributed by atoms with Gasteiger partial charge in [0.1, 0.15) is 0 Å². The van der Waals surface area contributed by atoms with Gasteiger partial charge in [0.15, 0.2) is 0 Å². The van der Waals surface area contributed by atoms with Crippen molar-refractivity contribution in [2.24, 2.45) is 0 Å². The highest BCUT2D eigenvalue weighted by Crippen LogP contribution is 2.22. The van der Waals surface area contributed by atoms with Gasteiger partial charge in [0, 0.05) is 18.7 Å². The number of carbonyl (C=O) groups is 2. The summed E-state index contributed by atoms with van der Waals surface area (Å²) in [7, 11) is 1.39. The average Bonchev–Trinajstić information content (AvgIpc) is 2.61. The Kier molecular flexibility index (Phi) is 8.23. The third-order valence-electron chi connectivity index (χ3n) is 4.80. The first-order valence-electron chi connectivity index (χ1n) is 9.31. The summed E-state index contributed by atoms with van der Waals surface area (Å²) in [4.78, 5) is 26.2. The zero-order chi connectivity index (χ0) is 17.9. The molecule has 0 aromatic heterocycles. The van der Waals surface area contributed by atoms with Crippen LogP contribution in [0.5, 0.6) is 0 Å². The van der Waals surface area contributed by atoms with Crippen LogP contribution < -0.4 is 0 Å². The van der Waals surface area contributed by atoms with Crippen molar-refractivity contribution in [3.8, 4) is 0 Å². The molecule has 1 aliphatic carbocycles. The summed E-state index contributed by atoms with van der Waals surface area (Å²) in [6.45, 7) is 0.426. The fourth-order valence-electron chi connectivity index (χ4n) is 3.36. The van der Waals surface area contributed by atoms with Crippen molar-refractivity contribution in [1.82, 2.24) is 4.90 Å². The molecule has 136 valence electrons. The van der Waals surface area contributed by atoms with Crippen LogP contribution in [0.4, 0.5) is 0 Å². The summed E-state index contributed by atoms with van der Waals surface area (Å²) < 4.78 is 4.75. The van der Waals surface area contributed by atoms with E-state index < -0.39 is 0 Å². The van der Waals surface area contributed by atoms with Gasteiger partial charge in [-0.25, -0.2) is 0 Å². The first-order valence-corrected chi connectivity index (χ1v) is 9.31. The first-order chi connectivity index (χ1) is 12.2. The monoisotopic (exact) mass is 343 g/mol. The zero-order valence-electron chi connectivity index (χ0n) is 15.2. The number of benzene rings is 1. The van der Waals surface area contributed by atoms with Gasteiger partial charge in [0.2, 0.25) is 5.91 Å². The molecule has 1 saturated carbocycles. The Bertz CT molecular complexity index is 560. The van der Waals surface area contributed by atoms with Crippen LogP contribution in [0.3, 0.4) is 0 Å². The van der Waals surface area contributed by atoms with Crippen molar-refractivity contribution >= 4 is 18.0 Å². The zero-order valence-corrected chi connectivity index (χ0v) is 15.2. The largest absolute Gasteiger partial charge is 0.469 e. The lowest BCUT2D eigenvalue weighted by Crippen LogP contribution is -2.41. The van der Waals surface area contributed by atoms with E-state index >= 15 is 0 Å². The van der Waals surface area contributed by atoms with Gasteiger partial charge in [0.25, 0.3) is 0 Å². The van der Waals surface area contributed by atoms with Crippen LogP contribution in [0.1, 0.15) is 56.9 Å². The summed E-state index contributed by atoms with van der Waals surface area (Å²) in [6.07, 6.45) is 11.8. The molecule has 0 heterocycles. The molecule has 0 bridgehead atoms. The maximum atomic E-state index is 12.8. The SMILES string of the molecule is COC(=O)CCN(C(=O)/C=C/c1ccccc1)C1CCCCCCC1. The molecule has 0 atom stereocenters. The fourth-order valence-corrected chi connectivity index (χ4v) is 3.36. The van der Waals surface area contributed by atoms with E-state index in [0.717, 1.165) is 31.2 Å². The molecule has 1 aromatic rings. The molecule has 4 heteroatoms. The predicted molar refractivity (Wildman–Crippen MR) is 99.9 cm³/mol. The van der Waals surface area contributed by atoms with Crippen LogP contribution in [-0.2, 0) is 14.3 Å². The minimum Gasteiger partial charge on any atom is -0.469 e. The lowest BCUT2D eigenvalue weighted by molar-refractivity contribution is -0.141. The topological polar surface area (TPSA) is 46.6 Å². The standard InChI is InChI=1S/C21H29NO3/c1-25-21(24)16-17-22(19-12-8-3-2-4-9-13-19)20(23)15-14-18-10-6-5-7-11-18/h5-7,10-11,14-15,19H,2-4,8-9,12-13,16-17H2,1H3/b15-14+. The van der Waals surface area contributed by atoms with E-state index in [0.29, 0.717) is 6.54 Å². The predicted octanol–water partition coefficient (Wildman–Crippen LogP) is 4.20. The molecule has 0 N–H and O–H groups in total. The molecule has 2 rings (SSSR count). The number of hydrogen-bond acceptors (Lipinski definition) is 3. The van der Waals surface area contributed by atoms with E-state index in [9.17, 15) is 9.59 Å². The van der Waals surface area contributed by atoms with E-state index in [1.54, 1.807) is 6.08 Å². The van der Waals surface area contributed by atoms with Gasteiger partial charge in [-0.2, -0.15) is 0 Å². The van der Waals surface area contributed by atoms with Gasteiger partial charge in [0.05, 0.1) is 13.5 Å². The summed E-state index contributed by atoms with van der Waals surface area (Å²) >= 11 is 0. The highest BCUT2D eigenvalue weighted by atomic mass is 16.5. The van der Waals surface area contributed by atoms with E-state index in [-0.39, 0.29) is 24.3 Å². The Balaban J connectivity index is 2.06. The van der Waals surface area contributed by atoms with Gasteiger partial charge in [-0.15, -0.1) is 0 Å². The molecule has 4 nitrogen and oxygen atoms in total. The average molecular weight is 343 g/mol. The second-order valence-electron chi connectivity index (χ2n) is 6.60. The van der Waals surface area contributed by atoms with Gasteiger partial charge in [-0.3, -0.25) is 9.59 Å². The summed E-state index contributed by atoms with van der Waals surface area (Å²) in [5, 5.41) is 0. The van der Waals surface area contributed by atoms with E-state index in [2.05, 4.69) is 0 Å². The molecular weight excluding hydrogens is 314 g/mol. The summed E-state index contributed by atoms with van der Waals surface area (Å²) in [6, 6.07) is 10.0. The molecular formula is C21H29NO3. The number of rotatable bonds is 6. The normalized spacial score (nSPS) is 16.2. The maximum absolute atomic E-state index is 12.8.